The monoisotopic (exact) mass is 312 g/mol. The number of ether oxygens (including phenoxy) is 3. The van der Waals surface area contributed by atoms with Gasteiger partial charge in [-0.1, -0.05) is 0 Å². The van der Waals surface area contributed by atoms with Crippen LogP contribution in [0.25, 0.3) is 0 Å². The Kier molecular flexibility index (Phi) is 7.81. The number of methoxy groups -OCH3 is 2. The average Bonchev–Trinajstić information content (AvgIpc) is 2.49. The Morgan fingerprint density at radius 1 is 1.29 bits per heavy atom. The third-order valence-electron chi connectivity index (χ3n) is 2.52. The van der Waals surface area contributed by atoms with Crippen LogP contribution in [0.15, 0.2) is 28.2 Å². The smallest absolute Gasteiger partial charge is 0.148 e. The molecule has 0 atom stereocenters. The molecule has 0 unspecified atom stereocenters. The zero-order valence-corrected chi connectivity index (χ0v) is 13.4. The molecule has 1 rings (SSSR count). The Morgan fingerprint density at radius 3 is 2.62 bits per heavy atom. The Labute approximate surface area is 128 Å². The summed E-state index contributed by atoms with van der Waals surface area (Å²) >= 11 is 1.45. The van der Waals surface area contributed by atoms with Crippen molar-refractivity contribution < 1.29 is 19.3 Å². The van der Waals surface area contributed by atoms with Crippen LogP contribution in [0.4, 0.5) is 0 Å². The summed E-state index contributed by atoms with van der Waals surface area (Å²) < 4.78 is 15.1. The molecule has 6 nitrogen and oxygen atoms in total. The Hall–Kier alpha value is -1.57. The molecular formula is C14H20N2O4S. The van der Waals surface area contributed by atoms with E-state index < -0.39 is 0 Å². The fraction of sp³-hybridized carbons (Fsp3) is 0.429. The molecule has 7 heteroatoms. The molecule has 0 bridgehead atoms. The van der Waals surface area contributed by atoms with E-state index in [4.69, 9.17) is 14.2 Å². The van der Waals surface area contributed by atoms with Crippen molar-refractivity contribution in [3.05, 3.63) is 23.8 Å². The molecule has 1 aromatic carbocycles. The van der Waals surface area contributed by atoms with Crippen molar-refractivity contribution in [2.45, 2.75) is 0 Å². The van der Waals surface area contributed by atoms with Crippen LogP contribution in [0.1, 0.15) is 5.56 Å². The summed E-state index contributed by atoms with van der Waals surface area (Å²) in [5.41, 5.74) is 1.40. The average molecular weight is 312 g/mol. The van der Waals surface area contributed by atoms with E-state index in [0.29, 0.717) is 16.5 Å². The van der Waals surface area contributed by atoms with Crippen LogP contribution in [0.2, 0.25) is 0 Å². The van der Waals surface area contributed by atoms with Crippen LogP contribution in [-0.4, -0.2) is 56.9 Å². The summed E-state index contributed by atoms with van der Waals surface area (Å²) in [5, 5.41) is 10.5. The molecule has 1 N–H and O–H groups in total. The molecule has 21 heavy (non-hydrogen) atoms. The van der Waals surface area contributed by atoms with Crippen molar-refractivity contribution in [2.75, 3.05) is 41.0 Å². The molecule has 1 aromatic rings. The summed E-state index contributed by atoms with van der Waals surface area (Å²) in [6.45, 7) is 0.364. The van der Waals surface area contributed by atoms with Gasteiger partial charge in [0.1, 0.15) is 30.1 Å². The van der Waals surface area contributed by atoms with Gasteiger partial charge in [-0.25, -0.2) is 4.99 Å². The van der Waals surface area contributed by atoms with Gasteiger partial charge in [0.05, 0.1) is 12.8 Å². The third kappa shape index (κ3) is 5.37. The quantitative estimate of drug-likeness (QED) is 0.361. The summed E-state index contributed by atoms with van der Waals surface area (Å²) in [4.78, 5) is 8.59. The first kappa shape index (κ1) is 17.5. The minimum absolute atomic E-state index is 0.113. The molecule has 0 fully saturated rings. The summed E-state index contributed by atoms with van der Waals surface area (Å²) in [6, 6.07) is 4.95. The second-order valence-corrected chi connectivity index (χ2v) is 4.69. The van der Waals surface area contributed by atoms with E-state index in [-0.39, 0.29) is 19.3 Å². The van der Waals surface area contributed by atoms with E-state index in [1.54, 1.807) is 33.4 Å². The highest BCUT2D eigenvalue weighted by molar-refractivity contribution is 8.15. The molecule has 0 saturated heterocycles. The van der Waals surface area contributed by atoms with Gasteiger partial charge in [-0.3, -0.25) is 4.99 Å². The van der Waals surface area contributed by atoms with E-state index >= 15 is 0 Å². The maximum Gasteiger partial charge on any atom is 0.148 e. The minimum Gasteiger partial charge on any atom is -0.508 e. The number of hydrogen-bond donors (Lipinski definition) is 1. The molecule has 0 saturated carbocycles. The highest BCUT2D eigenvalue weighted by atomic mass is 32.2. The first-order valence-corrected chi connectivity index (χ1v) is 7.39. The van der Waals surface area contributed by atoms with E-state index in [0.717, 1.165) is 5.56 Å². The fourth-order valence-corrected chi connectivity index (χ4v) is 2.23. The topological polar surface area (TPSA) is 72.6 Å². The molecule has 0 amide bonds. The molecule has 0 aliphatic heterocycles. The molecule has 116 valence electrons. The molecule has 0 spiro atoms. The third-order valence-corrected chi connectivity index (χ3v) is 3.23. The van der Waals surface area contributed by atoms with Gasteiger partial charge in [0.2, 0.25) is 0 Å². The Morgan fingerprint density at radius 2 is 2.05 bits per heavy atom. The van der Waals surface area contributed by atoms with Crippen LogP contribution in [0.5, 0.6) is 11.5 Å². The highest BCUT2D eigenvalue weighted by Gasteiger charge is 2.12. The van der Waals surface area contributed by atoms with Gasteiger partial charge in [-0.05, 0) is 18.4 Å². The maximum atomic E-state index is 9.75. The van der Waals surface area contributed by atoms with Crippen molar-refractivity contribution in [2.24, 2.45) is 9.98 Å². The lowest BCUT2D eigenvalue weighted by atomic mass is 10.1. The van der Waals surface area contributed by atoms with Crippen LogP contribution in [-0.2, 0) is 9.47 Å². The van der Waals surface area contributed by atoms with Crippen molar-refractivity contribution in [1.82, 2.24) is 0 Å². The van der Waals surface area contributed by atoms with E-state index in [1.165, 1.54) is 17.8 Å². The number of benzene rings is 1. The predicted octanol–water partition coefficient (Wildman–Crippen LogP) is 2.16. The summed E-state index contributed by atoms with van der Waals surface area (Å²) in [6.07, 6.45) is 1.90. The molecule has 0 heterocycles. The molecular weight excluding hydrogens is 292 g/mol. The minimum atomic E-state index is 0.113. The zero-order valence-electron chi connectivity index (χ0n) is 12.6. The van der Waals surface area contributed by atoms with Crippen LogP contribution < -0.4 is 4.74 Å². The molecule has 0 aliphatic carbocycles. The highest BCUT2D eigenvalue weighted by Crippen LogP contribution is 2.23. The lowest BCUT2D eigenvalue weighted by Crippen LogP contribution is -2.14. The SMILES string of the molecule is CN=C(/C(=N/COCOC)SC)c1cc(O)cc(OC)c1. The lowest BCUT2D eigenvalue weighted by molar-refractivity contribution is -0.0270. The Balaban J connectivity index is 3.02. The van der Waals surface area contributed by atoms with Gasteiger partial charge < -0.3 is 19.3 Å². The number of phenolic OH excluding ortho intramolecular Hbond substituents is 1. The molecule has 0 aliphatic rings. The summed E-state index contributed by atoms with van der Waals surface area (Å²) in [7, 11) is 4.77. The normalized spacial score (nSPS) is 12.6. The zero-order chi connectivity index (χ0) is 15.7. The first-order chi connectivity index (χ1) is 10.2. The van der Waals surface area contributed by atoms with Gasteiger partial charge in [0, 0.05) is 25.8 Å². The molecule has 0 aromatic heterocycles. The van der Waals surface area contributed by atoms with Gasteiger partial charge in [0.15, 0.2) is 0 Å². The van der Waals surface area contributed by atoms with Crippen molar-refractivity contribution >= 4 is 22.5 Å². The number of phenols is 1. The first-order valence-electron chi connectivity index (χ1n) is 6.17. The second kappa shape index (κ2) is 9.38. The number of aliphatic imine (C=N–C) groups is 2. The van der Waals surface area contributed by atoms with Crippen molar-refractivity contribution in [3.63, 3.8) is 0 Å². The van der Waals surface area contributed by atoms with Crippen LogP contribution >= 0.6 is 11.8 Å². The summed E-state index contributed by atoms with van der Waals surface area (Å²) in [5.74, 6) is 0.670. The molecule has 0 radical (unpaired) electrons. The van der Waals surface area contributed by atoms with E-state index in [1.807, 2.05) is 6.26 Å². The van der Waals surface area contributed by atoms with Crippen LogP contribution in [0, 0.1) is 0 Å². The number of thioether (sulfide) groups is 1. The lowest BCUT2D eigenvalue weighted by Gasteiger charge is -2.10. The van der Waals surface area contributed by atoms with Crippen LogP contribution in [0.3, 0.4) is 0 Å². The standard InChI is InChI=1S/C14H20N2O4S/c1-15-13(14(21-4)16-8-20-9-18-2)10-5-11(17)7-12(6-10)19-3/h5-7,17H,8-9H2,1-4H3/b15-13?,16-14-. The number of aromatic hydroxyl groups is 1. The van der Waals surface area contributed by atoms with Gasteiger partial charge in [0.25, 0.3) is 0 Å². The van der Waals surface area contributed by atoms with E-state index in [2.05, 4.69) is 9.98 Å². The largest absolute Gasteiger partial charge is 0.508 e. The van der Waals surface area contributed by atoms with Gasteiger partial charge in [-0.2, -0.15) is 0 Å². The van der Waals surface area contributed by atoms with Crippen molar-refractivity contribution in [3.8, 4) is 11.5 Å². The predicted molar refractivity (Wildman–Crippen MR) is 85.9 cm³/mol. The number of nitrogens with zero attached hydrogens (tertiary/aromatic N) is 2. The van der Waals surface area contributed by atoms with Gasteiger partial charge >= 0.3 is 0 Å². The fourth-order valence-electron chi connectivity index (χ4n) is 1.65. The second-order valence-electron chi connectivity index (χ2n) is 3.90. The Bertz CT molecular complexity index is 518. The number of rotatable bonds is 7. The van der Waals surface area contributed by atoms with Gasteiger partial charge in [-0.15, -0.1) is 11.8 Å². The maximum absolute atomic E-state index is 9.75. The number of hydrogen-bond acceptors (Lipinski definition) is 7. The van der Waals surface area contributed by atoms with E-state index in [9.17, 15) is 5.11 Å². The van der Waals surface area contributed by atoms with Crippen molar-refractivity contribution in [1.29, 1.82) is 0 Å².